The van der Waals surface area contributed by atoms with Gasteiger partial charge in [-0.05, 0) is 32.6 Å². The molecule has 13 nitrogen and oxygen atoms in total. The maximum atomic E-state index is 13.4. The number of amides is 1. The molecule has 1 amide bonds. The van der Waals surface area contributed by atoms with Crippen molar-refractivity contribution in [1.29, 1.82) is 0 Å². The zero-order valence-corrected chi connectivity index (χ0v) is 20.2. The first-order chi connectivity index (χ1) is 17.6. The number of piperazine rings is 1. The number of H-pyrrole nitrogens is 1. The number of carbonyl (C=O) groups excluding carboxylic acids is 1. The number of rotatable bonds is 7. The molecule has 6 rings (SSSR count). The molecule has 5 heterocycles. The highest BCUT2D eigenvalue weighted by atomic mass is 16.2. The van der Waals surface area contributed by atoms with E-state index in [0.717, 1.165) is 38.3 Å². The van der Waals surface area contributed by atoms with Gasteiger partial charge in [-0.3, -0.25) is 14.9 Å². The third kappa shape index (κ3) is 4.53. The highest BCUT2D eigenvalue weighted by molar-refractivity contribution is 5.99. The summed E-state index contributed by atoms with van der Waals surface area (Å²) < 4.78 is 0. The van der Waals surface area contributed by atoms with Crippen molar-refractivity contribution >= 4 is 35.4 Å². The normalized spacial score (nSPS) is 22.0. The van der Waals surface area contributed by atoms with Crippen LogP contribution in [0.1, 0.15) is 44.2 Å². The number of nitrogens with zero attached hydrogens (tertiary/aromatic N) is 8. The maximum absolute atomic E-state index is 13.4. The van der Waals surface area contributed by atoms with E-state index in [0.29, 0.717) is 48.4 Å². The molecule has 1 atom stereocenters. The summed E-state index contributed by atoms with van der Waals surface area (Å²) in [7, 11) is 0. The van der Waals surface area contributed by atoms with Gasteiger partial charge in [-0.25, -0.2) is 4.98 Å². The molecule has 188 valence electrons. The van der Waals surface area contributed by atoms with Gasteiger partial charge in [0, 0.05) is 62.8 Å². The maximum Gasteiger partial charge on any atom is 0.251 e. The van der Waals surface area contributed by atoms with Gasteiger partial charge in [-0.15, -0.1) is 0 Å². The van der Waals surface area contributed by atoms with Gasteiger partial charge in [-0.2, -0.15) is 20.1 Å². The van der Waals surface area contributed by atoms with Crippen LogP contribution in [0, 0.1) is 0 Å². The van der Waals surface area contributed by atoms with Gasteiger partial charge in [0.15, 0.2) is 11.6 Å². The Morgan fingerprint density at radius 3 is 2.69 bits per heavy atom. The topological polar surface area (TPSA) is 153 Å². The molecular weight excluding hydrogens is 460 g/mol. The molecule has 0 unspecified atom stereocenters. The van der Waals surface area contributed by atoms with Crippen molar-refractivity contribution in [3.05, 3.63) is 30.4 Å². The molecule has 13 heteroatoms. The first kappa shape index (κ1) is 22.6. The summed E-state index contributed by atoms with van der Waals surface area (Å²) in [6.07, 6.45) is 8.55. The minimum Gasteiger partial charge on any atom is -0.338 e. The molecule has 3 aromatic heterocycles. The van der Waals surface area contributed by atoms with Gasteiger partial charge in [0.05, 0.1) is 6.20 Å². The first-order valence-corrected chi connectivity index (χ1v) is 12.5. The van der Waals surface area contributed by atoms with Crippen LogP contribution < -0.4 is 25.8 Å². The number of hydrogen-bond acceptors (Lipinski definition) is 11. The van der Waals surface area contributed by atoms with Crippen molar-refractivity contribution < 1.29 is 4.79 Å². The number of nitrogens with one attached hydrogen (secondary N) is 4. The standard InChI is InChI=1S/C23H30N12O/c1-23(19(36)27-18-14-25-6-7-26-18)5-2-10-35(23)22-30-20(28-17-13-16(32-33-17)15-3-4-15)29-21(31-22)34-11-8-24-9-12-34/h6-7,13-15,24H,2-5,8-12H2,1H3,(H,26,27,36)(H2,28,29,30,31,32,33)/t23-/m0/s1. The predicted octanol–water partition coefficient (Wildman–Crippen LogP) is 1.41. The third-order valence-corrected chi connectivity index (χ3v) is 7.04. The van der Waals surface area contributed by atoms with E-state index in [1.165, 1.54) is 19.0 Å². The summed E-state index contributed by atoms with van der Waals surface area (Å²) in [6.45, 7) is 5.88. The quantitative estimate of drug-likeness (QED) is 0.380. The molecule has 0 spiro atoms. The third-order valence-electron chi connectivity index (χ3n) is 7.04. The first-order valence-electron chi connectivity index (χ1n) is 12.5. The molecular formula is C23H30N12O. The lowest BCUT2D eigenvalue weighted by molar-refractivity contribution is -0.120. The summed E-state index contributed by atoms with van der Waals surface area (Å²) in [5.74, 6) is 2.95. The highest BCUT2D eigenvalue weighted by Gasteiger charge is 2.45. The Kier molecular flexibility index (Phi) is 5.83. The Hall–Kier alpha value is -3.87. The van der Waals surface area contributed by atoms with Crippen LogP contribution in [0.4, 0.5) is 29.5 Å². The molecule has 4 N–H and O–H groups in total. The molecule has 3 aromatic rings. The second kappa shape index (κ2) is 9.30. The summed E-state index contributed by atoms with van der Waals surface area (Å²) in [5, 5.41) is 17.0. The minimum atomic E-state index is -0.845. The SMILES string of the molecule is C[C@@]1(C(=O)Nc2cnccn2)CCCN1c1nc(Nc2cc(C3CC3)[nH]n2)nc(N2CCNCC2)n1. The number of aromatic amines is 1. The van der Waals surface area contributed by atoms with Crippen molar-refractivity contribution in [2.75, 3.05) is 53.2 Å². The number of anilines is 5. The van der Waals surface area contributed by atoms with Gasteiger partial charge in [0.2, 0.25) is 17.8 Å². The zero-order valence-electron chi connectivity index (χ0n) is 20.2. The van der Waals surface area contributed by atoms with Crippen LogP contribution in [-0.2, 0) is 4.79 Å². The van der Waals surface area contributed by atoms with Crippen LogP contribution >= 0.6 is 0 Å². The monoisotopic (exact) mass is 490 g/mol. The Bertz CT molecular complexity index is 1220. The minimum absolute atomic E-state index is 0.166. The van der Waals surface area contributed by atoms with Crippen molar-refractivity contribution in [3.8, 4) is 0 Å². The average Bonchev–Trinajstić information content (AvgIpc) is 3.52. The van der Waals surface area contributed by atoms with Crippen LogP contribution in [0.3, 0.4) is 0 Å². The van der Waals surface area contributed by atoms with Crippen LogP contribution in [0.2, 0.25) is 0 Å². The van der Waals surface area contributed by atoms with E-state index in [-0.39, 0.29) is 5.91 Å². The number of hydrogen-bond donors (Lipinski definition) is 4. The lowest BCUT2D eigenvalue weighted by atomic mass is 9.98. The lowest BCUT2D eigenvalue weighted by Gasteiger charge is -2.34. The summed E-state index contributed by atoms with van der Waals surface area (Å²) in [5.41, 5.74) is 0.282. The fraction of sp³-hybridized carbons (Fsp3) is 0.522. The molecule has 2 saturated heterocycles. The van der Waals surface area contributed by atoms with E-state index in [1.807, 2.05) is 17.9 Å². The second-order valence-electron chi connectivity index (χ2n) is 9.68. The van der Waals surface area contributed by atoms with E-state index in [2.05, 4.69) is 41.0 Å². The van der Waals surface area contributed by atoms with Crippen LogP contribution in [0.25, 0.3) is 0 Å². The smallest absolute Gasteiger partial charge is 0.251 e. The second-order valence-corrected chi connectivity index (χ2v) is 9.68. The van der Waals surface area contributed by atoms with E-state index in [1.54, 1.807) is 12.4 Å². The Balaban J connectivity index is 1.31. The van der Waals surface area contributed by atoms with Gasteiger partial charge in [0.1, 0.15) is 5.54 Å². The number of aromatic nitrogens is 7. The molecule has 0 aromatic carbocycles. The predicted molar refractivity (Wildman–Crippen MR) is 134 cm³/mol. The molecule has 3 aliphatic rings. The van der Waals surface area contributed by atoms with E-state index in [4.69, 9.17) is 15.0 Å². The molecule has 0 bridgehead atoms. The van der Waals surface area contributed by atoms with Gasteiger partial charge < -0.3 is 25.8 Å². The molecule has 0 radical (unpaired) electrons. The highest BCUT2D eigenvalue weighted by Crippen LogP contribution is 2.40. The molecule has 36 heavy (non-hydrogen) atoms. The lowest BCUT2D eigenvalue weighted by Crippen LogP contribution is -2.52. The Labute approximate surface area is 208 Å². The van der Waals surface area contributed by atoms with E-state index < -0.39 is 5.54 Å². The van der Waals surface area contributed by atoms with Crippen molar-refractivity contribution in [3.63, 3.8) is 0 Å². The Morgan fingerprint density at radius 1 is 1.08 bits per heavy atom. The van der Waals surface area contributed by atoms with Gasteiger partial charge >= 0.3 is 0 Å². The van der Waals surface area contributed by atoms with Gasteiger partial charge in [-0.1, -0.05) is 0 Å². The largest absolute Gasteiger partial charge is 0.338 e. The molecule has 3 fully saturated rings. The van der Waals surface area contributed by atoms with Gasteiger partial charge in [0.25, 0.3) is 5.91 Å². The average molecular weight is 491 g/mol. The van der Waals surface area contributed by atoms with Crippen molar-refractivity contribution in [2.24, 2.45) is 0 Å². The Morgan fingerprint density at radius 2 is 1.92 bits per heavy atom. The van der Waals surface area contributed by atoms with Crippen molar-refractivity contribution in [2.45, 2.75) is 44.1 Å². The fourth-order valence-corrected chi connectivity index (χ4v) is 4.79. The molecule has 1 aliphatic carbocycles. The molecule has 2 aliphatic heterocycles. The summed E-state index contributed by atoms with van der Waals surface area (Å²) in [6, 6.07) is 2.01. The zero-order chi connectivity index (χ0) is 24.5. The van der Waals surface area contributed by atoms with Crippen molar-refractivity contribution in [1.82, 2.24) is 40.4 Å². The van der Waals surface area contributed by atoms with E-state index in [9.17, 15) is 4.79 Å². The van der Waals surface area contributed by atoms with Crippen LogP contribution in [0.5, 0.6) is 0 Å². The molecule has 1 saturated carbocycles. The van der Waals surface area contributed by atoms with Crippen LogP contribution in [-0.4, -0.2) is 79.3 Å². The van der Waals surface area contributed by atoms with Crippen LogP contribution in [0.15, 0.2) is 24.7 Å². The summed E-state index contributed by atoms with van der Waals surface area (Å²) in [4.78, 5) is 40.1. The van der Waals surface area contributed by atoms with E-state index >= 15 is 0 Å². The summed E-state index contributed by atoms with van der Waals surface area (Å²) >= 11 is 0. The number of carbonyl (C=O) groups is 1. The fourth-order valence-electron chi connectivity index (χ4n) is 4.79.